The van der Waals surface area contributed by atoms with Gasteiger partial charge in [0.25, 0.3) is 5.56 Å². The van der Waals surface area contributed by atoms with Gasteiger partial charge in [0.2, 0.25) is 0 Å². The highest BCUT2D eigenvalue weighted by atomic mass is 19.1. The molecule has 0 saturated heterocycles. The zero-order valence-corrected chi connectivity index (χ0v) is 12.8. The Morgan fingerprint density at radius 1 is 1.33 bits per heavy atom. The fourth-order valence-electron chi connectivity index (χ4n) is 2.14. The van der Waals surface area contributed by atoms with Crippen molar-refractivity contribution in [2.24, 2.45) is 10.9 Å². The molecule has 21 heavy (non-hydrogen) atoms. The van der Waals surface area contributed by atoms with Crippen LogP contribution in [0.15, 0.2) is 34.1 Å². The molecule has 4 nitrogen and oxygen atoms in total. The number of aryl methyl sites for hydroxylation is 1. The molecule has 0 amide bonds. The Morgan fingerprint density at radius 2 is 1.95 bits per heavy atom. The predicted molar refractivity (Wildman–Crippen MR) is 83.0 cm³/mol. The lowest BCUT2D eigenvalue weighted by molar-refractivity contribution is 0.627. The minimum absolute atomic E-state index is 0.163. The van der Waals surface area contributed by atoms with Crippen LogP contribution in [-0.4, -0.2) is 22.0 Å². The summed E-state index contributed by atoms with van der Waals surface area (Å²) in [5.41, 5.74) is 2.51. The second-order valence-electron chi connectivity index (χ2n) is 5.55. The van der Waals surface area contributed by atoms with Gasteiger partial charge in [-0.3, -0.25) is 14.9 Å². The molecular weight excluding hydrogens is 269 g/mol. The number of rotatable bonds is 4. The number of hydrogen-bond acceptors (Lipinski definition) is 2. The van der Waals surface area contributed by atoms with E-state index in [1.54, 1.807) is 12.1 Å². The number of aliphatic imine (C=N–C) groups is 1. The van der Waals surface area contributed by atoms with Crippen LogP contribution in [0.2, 0.25) is 0 Å². The van der Waals surface area contributed by atoms with E-state index in [2.05, 4.69) is 23.9 Å². The molecule has 0 atom stereocenters. The average molecular weight is 289 g/mol. The Hall–Kier alpha value is -2.17. The summed E-state index contributed by atoms with van der Waals surface area (Å²) in [7, 11) is 0. The largest absolute Gasteiger partial charge is 0.295 e. The molecule has 112 valence electrons. The van der Waals surface area contributed by atoms with Gasteiger partial charge in [-0.1, -0.05) is 13.8 Å². The number of benzene rings is 1. The van der Waals surface area contributed by atoms with Crippen LogP contribution in [0.3, 0.4) is 0 Å². The summed E-state index contributed by atoms with van der Waals surface area (Å²) in [6, 6.07) is 5.79. The number of H-pyrrole nitrogens is 1. The molecule has 0 spiro atoms. The Balaban J connectivity index is 2.45. The van der Waals surface area contributed by atoms with Crippen LogP contribution in [0, 0.1) is 18.7 Å². The van der Waals surface area contributed by atoms with Crippen LogP contribution in [0.5, 0.6) is 0 Å². The van der Waals surface area contributed by atoms with E-state index in [4.69, 9.17) is 0 Å². The standard InChI is InChI=1S/C16H20FN3O/c1-10(2)9-18-11(3)15-12(4)19-20(16(15)21)14-7-5-13(17)6-8-14/h5-8,10,19H,9H2,1-4H3. The van der Waals surface area contributed by atoms with Gasteiger partial charge in [0, 0.05) is 18.0 Å². The van der Waals surface area contributed by atoms with Crippen LogP contribution < -0.4 is 5.56 Å². The number of hydrogen-bond donors (Lipinski definition) is 1. The third kappa shape index (κ3) is 3.29. The molecule has 5 heteroatoms. The zero-order chi connectivity index (χ0) is 15.6. The van der Waals surface area contributed by atoms with E-state index in [0.29, 0.717) is 23.7 Å². The fourth-order valence-corrected chi connectivity index (χ4v) is 2.14. The molecule has 0 aliphatic carbocycles. The van der Waals surface area contributed by atoms with E-state index in [-0.39, 0.29) is 11.4 Å². The van der Waals surface area contributed by atoms with E-state index >= 15 is 0 Å². The first kappa shape index (κ1) is 15.2. The Labute approximate surface area is 123 Å². The maximum Gasteiger partial charge on any atom is 0.280 e. The van der Waals surface area contributed by atoms with Gasteiger partial charge in [0.05, 0.1) is 11.3 Å². The lowest BCUT2D eigenvalue weighted by Gasteiger charge is -2.01. The molecule has 0 aliphatic rings. The molecule has 0 saturated carbocycles. The topological polar surface area (TPSA) is 50.1 Å². The lowest BCUT2D eigenvalue weighted by atomic mass is 10.1. The molecule has 0 fully saturated rings. The van der Waals surface area contributed by atoms with Gasteiger partial charge in [-0.25, -0.2) is 9.07 Å². The number of nitrogens with zero attached hydrogens (tertiary/aromatic N) is 2. The van der Waals surface area contributed by atoms with Crippen molar-refractivity contribution in [3.8, 4) is 5.69 Å². The Bertz CT molecular complexity index is 708. The van der Waals surface area contributed by atoms with Crippen LogP contribution in [0.4, 0.5) is 4.39 Å². The van der Waals surface area contributed by atoms with Gasteiger partial charge in [-0.05, 0) is 44.0 Å². The quantitative estimate of drug-likeness (QED) is 0.864. The first-order valence-corrected chi connectivity index (χ1v) is 6.99. The highest BCUT2D eigenvalue weighted by Crippen LogP contribution is 2.09. The van der Waals surface area contributed by atoms with Gasteiger partial charge in [-0.15, -0.1) is 0 Å². The predicted octanol–water partition coefficient (Wildman–Crippen LogP) is 3.08. The monoisotopic (exact) mass is 289 g/mol. The van der Waals surface area contributed by atoms with Crippen LogP contribution >= 0.6 is 0 Å². The summed E-state index contributed by atoms with van der Waals surface area (Å²) >= 11 is 0. The molecule has 0 unspecified atom stereocenters. The fraction of sp³-hybridized carbons (Fsp3) is 0.375. The molecular formula is C16H20FN3O. The molecule has 0 bridgehead atoms. The lowest BCUT2D eigenvalue weighted by Crippen LogP contribution is -2.20. The third-order valence-electron chi connectivity index (χ3n) is 3.21. The van der Waals surface area contributed by atoms with Crippen molar-refractivity contribution < 1.29 is 4.39 Å². The van der Waals surface area contributed by atoms with Gasteiger partial charge >= 0.3 is 0 Å². The minimum Gasteiger partial charge on any atom is -0.295 e. The van der Waals surface area contributed by atoms with E-state index < -0.39 is 0 Å². The zero-order valence-electron chi connectivity index (χ0n) is 12.8. The molecule has 0 radical (unpaired) electrons. The van der Waals surface area contributed by atoms with Gasteiger partial charge in [0.15, 0.2) is 0 Å². The van der Waals surface area contributed by atoms with Crippen molar-refractivity contribution in [1.82, 2.24) is 9.78 Å². The van der Waals surface area contributed by atoms with Gasteiger partial charge in [0.1, 0.15) is 5.82 Å². The highest BCUT2D eigenvalue weighted by Gasteiger charge is 2.14. The molecule has 2 rings (SSSR count). The molecule has 1 N–H and O–H groups in total. The van der Waals surface area contributed by atoms with E-state index in [9.17, 15) is 9.18 Å². The number of aromatic amines is 1. The molecule has 1 aromatic heterocycles. The average Bonchev–Trinajstić information content (AvgIpc) is 2.72. The minimum atomic E-state index is -0.329. The second kappa shape index (κ2) is 6.08. The second-order valence-corrected chi connectivity index (χ2v) is 5.55. The summed E-state index contributed by atoms with van der Waals surface area (Å²) in [5.74, 6) is 0.114. The number of nitrogens with one attached hydrogen (secondary N) is 1. The molecule has 0 aliphatic heterocycles. The Kier molecular flexibility index (Phi) is 4.40. The van der Waals surface area contributed by atoms with Crippen molar-refractivity contribution >= 4 is 5.71 Å². The van der Waals surface area contributed by atoms with E-state index in [0.717, 1.165) is 11.4 Å². The van der Waals surface area contributed by atoms with Crippen LogP contribution in [0.25, 0.3) is 5.69 Å². The van der Waals surface area contributed by atoms with Gasteiger partial charge < -0.3 is 0 Å². The normalized spacial score (nSPS) is 12.2. The van der Waals surface area contributed by atoms with Crippen molar-refractivity contribution in [1.29, 1.82) is 0 Å². The SMILES string of the molecule is CC(=NCC(C)C)c1c(C)[nH]n(-c2ccc(F)cc2)c1=O. The summed E-state index contributed by atoms with van der Waals surface area (Å²) in [4.78, 5) is 17.0. The first-order valence-electron chi connectivity index (χ1n) is 6.99. The number of halogens is 1. The summed E-state index contributed by atoms with van der Waals surface area (Å²) in [6.45, 7) is 8.53. The first-order chi connectivity index (χ1) is 9.90. The van der Waals surface area contributed by atoms with E-state index in [1.165, 1.54) is 16.8 Å². The van der Waals surface area contributed by atoms with Crippen molar-refractivity contribution in [2.75, 3.05) is 6.54 Å². The van der Waals surface area contributed by atoms with Crippen molar-refractivity contribution in [2.45, 2.75) is 27.7 Å². The van der Waals surface area contributed by atoms with Crippen LogP contribution in [-0.2, 0) is 0 Å². The highest BCUT2D eigenvalue weighted by molar-refractivity contribution is 5.99. The maximum absolute atomic E-state index is 13.0. The third-order valence-corrected chi connectivity index (χ3v) is 3.21. The van der Waals surface area contributed by atoms with Gasteiger partial charge in [-0.2, -0.15) is 0 Å². The Morgan fingerprint density at radius 3 is 2.52 bits per heavy atom. The smallest absolute Gasteiger partial charge is 0.280 e. The van der Waals surface area contributed by atoms with Crippen molar-refractivity contribution in [3.05, 3.63) is 51.7 Å². The summed E-state index contributed by atoms with van der Waals surface area (Å²) < 4.78 is 14.4. The van der Waals surface area contributed by atoms with E-state index in [1.807, 2.05) is 13.8 Å². The molecule has 1 aromatic carbocycles. The number of aromatic nitrogens is 2. The summed E-state index contributed by atoms with van der Waals surface area (Å²) in [6.07, 6.45) is 0. The maximum atomic E-state index is 13.0. The van der Waals surface area contributed by atoms with Crippen LogP contribution in [0.1, 0.15) is 32.0 Å². The molecule has 1 heterocycles. The van der Waals surface area contributed by atoms with Crippen molar-refractivity contribution in [3.63, 3.8) is 0 Å². The summed E-state index contributed by atoms with van der Waals surface area (Å²) in [5, 5.41) is 3.02. The molecule has 2 aromatic rings.